The Kier molecular flexibility index (Phi) is 3.40. The van der Waals surface area contributed by atoms with Crippen LogP contribution in [0, 0.1) is 22.7 Å². The highest BCUT2D eigenvalue weighted by Crippen LogP contribution is 2.46. The summed E-state index contributed by atoms with van der Waals surface area (Å²) in [6, 6.07) is 4.21. The lowest BCUT2D eigenvalue weighted by molar-refractivity contribution is -0.120. The van der Waals surface area contributed by atoms with Gasteiger partial charge in [-0.15, -0.1) is 0 Å². The van der Waals surface area contributed by atoms with Crippen molar-refractivity contribution in [3.8, 4) is 12.1 Å². The predicted molar refractivity (Wildman–Crippen MR) is 75.9 cm³/mol. The number of carbonyl (C=O) groups is 1. The molecule has 0 spiro atoms. The summed E-state index contributed by atoms with van der Waals surface area (Å²) in [4.78, 5) is 17.5. The van der Waals surface area contributed by atoms with Crippen molar-refractivity contribution in [2.75, 3.05) is 24.5 Å². The molecule has 1 amide bonds. The number of nitrogens with one attached hydrogen (secondary N) is 1. The average molecular weight is 302 g/mol. The molecular formula is C14H12ClN5O. The van der Waals surface area contributed by atoms with Crippen molar-refractivity contribution >= 4 is 23.3 Å². The summed E-state index contributed by atoms with van der Waals surface area (Å²) in [5, 5.41) is 21.6. The van der Waals surface area contributed by atoms with E-state index in [4.69, 9.17) is 11.6 Å². The van der Waals surface area contributed by atoms with Crippen molar-refractivity contribution < 1.29 is 4.79 Å². The lowest BCUT2D eigenvalue weighted by atomic mass is 9.99. The van der Waals surface area contributed by atoms with E-state index in [-0.39, 0.29) is 23.5 Å². The van der Waals surface area contributed by atoms with Crippen LogP contribution in [-0.2, 0) is 4.79 Å². The smallest absolute Gasteiger partial charge is 0.239 e. The lowest BCUT2D eigenvalue weighted by Crippen LogP contribution is -2.48. The third kappa shape index (κ3) is 2.39. The molecule has 2 heterocycles. The summed E-state index contributed by atoms with van der Waals surface area (Å²) in [7, 11) is 0. The topological polar surface area (TPSA) is 92.8 Å². The molecule has 2 aliphatic rings. The van der Waals surface area contributed by atoms with Gasteiger partial charge in [-0.25, -0.2) is 4.98 Å². The van der Waals surface area contributed by atoms with Gasteiger partial charge in [-0.05, 0) is 24.3 Å². The number of anilines is 1. The maximum Gasteiger partial charge on any atom is 0.239 e. The fourth-order valence-electron chi connectivity index (χ4n) is 2.61. The second kappa shape index (κ2) is 5.23. The number of amides is 1. The van der Waals surface area contributed by atoms with E-state index in [2.05, 4.69) is 22.4 Å². The van der Waals surface area contributed by atoms with E-state index in [1.54, 1.807) is 4.90 Å². The van der Waals surface area contributed by atoms with Crippen LogP contribution in [0.2, 0.25) is 5.15 Å². The normalized spacial score (nSPS) is 17.9. The Balaban J connectivity index is 2.15. The summed E-state index contributed by atoms with van der Waals surface area (Å²) >= 11 is 6.12. The first-order valence-electron chi connectivity index (χ1n) is 6.71. The van der Waals surface area contributed by atoms with Gasteiger partial charge >= 0.3 is 0 Å². The van der Waals surface area contributed by atoms with Gasteiger partial charge in [0.1, 0.15) is 23.1 Å². The fourth-order valence-corrected chi connectivity index (χ4v) is 2.83. The first kappa shape index (κ1) is 13.7. The molecule has 0 radical (unpaired) electrons. The van der Waals surface area contributed by atoms with E-state index in [0.29, 0.717) is 35.6 Å². The molecule has 1 saturated heterocycles. The van der Waals surface area contributed by atoms with Crippen LogP contribution in [0.3, 0.4) is 0 Å². The quantitative estimate of drug-likeness (QED) is 0.831. The molecule has 1 aromatic heterocycles. The standard InChI is InChI=1S/C14H12ClN5O/c15-13-9(5-16)12(8-1-2-8)10(6-17)14(19-13)20-4-3-18-11(21)7-20/h8H,1-4,7H2,(H,18,21). The van der Waals surface area contributed by atoms with Crippen LogP contribution >= 0.6 is 11.6 Å². The SMILES string of the molecule is N#Cc1c(Cl)nc(N2CCNC(=O)C2)c(C#N)c1C1CC1. The monoisotopic (exact) mass is 301 g/mol. The van der Waals surface area contributed by atoms with Gasteiger partial charge in [0.15, 0.2) is 0 Å². The van der Waals surface area contributed by atoms with Crippen molar-refractivity contribution in [2.24, 2.45) is 0 Å². The molecule has 21 heavy (non-hydrogen) atoms. The summed E-state index contributed by atoms with van der Waals surface area (Å²) in [5.41, 5.74) is 1.37. The summed E-state index contributed by atoms with van der Waals surface area (Å²) in [6.45, 7) is 1.22. The van der Waals surface area contributed by atoms with Gasteiger partial charge in [-0.3, -0.25) is 4.79 Å². The zero-order valence-electron chi connectivity index (χ0n) is 11.2. The molecule has 1 N–H and O–H groups in total. The Morgan fingerprint density at radius 2 is 2.00 bits per heavy atom. The average Bonchev–Trinajstić information content (AvgIpc) is 3.30. The van der Waals surface area contributed by atoms with Crippen molar-refractivity contribution in [1.82, 2.24) is 10.3 Å². The summed E-state index contributed by atoms with van der Waals surface area (Å²) in [6.07, 6.45) is 1.90. The number of rotatable bonds is 2. The molecular weight excluding hydrogens is 290 g/mol. The highest BCUT2D eigenvalue weighted by atomic mass is 35.5. The van der Waals surface area contributed by atoms with Crippen molar-refractivity contribution in [2.45, 2.75) is 18.8 Å². The highest BCUT2D eigenvalue weighted by Gasteiger charge is 2.34. The minimum Gasteiger partial charge on any atom is -0.353 e. The molecule has 0 aromatic carbocycles. The van der Waals surface area contributed by atoms with Gasteiger partial charge in [0.05, 0.1) is 17.7 Å². The van der Waals surface area contributed by atoms with Crippen molar-refractivity contribution in [3.63, 3.8) is 0 Å². The molecule has 6 nitrogen and oxygen atoms in total. The van der Waals surface area contributed by atoms with Crippen LogP contribution < -0.4 is 10.2 Å². The van der Waals surface area contributed by atoms with E-state index < -0.39 is 0 Å². The molecule has 3 rings (SSSR count). The number of hydrogen-bond donors (Lipinski definition) is 1. The van der Waals surface area contributed by atoms with Crippen LogP contribution in [-0.4, -0.2) is 30.5 Å². The minimum atomic E-state index is -0.111. The number of nitriles is 2. The number of aromatic nitrogens is 1. The largest absolute Gasteiger partial charge is 0.353 e. The highest BCUT2D eigenvalue weighted by molar-refractivity contribution is 6.30. The predicted octanol–water partition coefficient (Wildman–Crippen LogP) is 1.29. The number of nitrogens with zero attached hydrogens (tertiary/aromatic N) is 4. The van der Waals surface area contributed by atoms with Crippen LogP contribution in [0.1, 0.15) is 35.4 Å². The van der Waals surface area contributed by atoms with Gasteiger partial charge in [0.2, 0.25) is 5.91 Å². The summed E-state index contributed by atoms with van der Waals surface area (Å²) < 4.78 is 0. The molecule has 0 atom stereocenters. The summed E-state index contributed by atoms with van der Waals surface area (Å²) in [5.74, 6) is 0.505. The zero-order valence-corrected chi connectivity index (χ0v) is 11.9. The van der Waals surface area contributed by atoms with Gasteiger partial charge in [0.25, 0.3) is 0 Å². The maximum absolute atomic E-state index is 11.5. The lowest BCUT2D eigenvalue weighted by Gasteiger charge is -2.29. The Labute approximate surface area is 126 Å². The third-order valence-corrected chi connectivity index (χ3v) is 3.99. The Hall–Kier alpha value is -2.31. The van der Waals surface area contributed by atoms with Gasteiger partial charge in [-0.1, -0.05) is 11.6 Å². The van der Waals surface area contributed by atoms with Gasteiger partial charge in [0, 0.05) is 13.1 Å². The first-order chi connectivity index (χ1) is 10.2. The van der Waals surface area contributed by atoms with Crippen LogP contribution in [0.25, 0.3) is 0 Å². The Bertz CT molecular complexity index is 699. The molecule has 1 aliphatic carbocycles. The van der Waals surface area contributed by atoms with E-state index in [1.165, 1.54) is 0 Å². The number of hydrogen-bond acceptors (Lipinski definition) is 5. The van der Waals surface area contributed by atoms with E-state index in [9.17, 15) is 15.3 Å². The molecule has 0 unspecified atom stereocenters. The fraction of sp³-hybridized carbons (Fsp3) is 0.429. The minimum absolute atomic E-state index is 0.111. The number of carbonyl (C=O) groups excluding carboxylic acids is 1. The zero-order chi connectivity index (χ0) is 15.0. The Morgan fingerprint density at radius 3 is 2.57 bits per heavy atom. The number of pyridine rings is 1. The molecule has 0 bridgehead atoms. The maximum atomic E-state index is 11.5. The second-order valence-electron chi connectivity index (χ2n) is 5.16. The van der Waals surface area contributed by atoms with Crippen LogP contribution in [0.15, 0.2) is 0 Å². The van der Waals surface area contributed by atoms with Gasteiger partial charge in [-0.2, -0.15) is 10.5 Å². The van der Waals surface area contributed by atoms with Crippen molar-refractivity contribution in [1.29, 1.82) is 10.5 Å². The number of halogens is 1. The van der Waals surface area contributed by atoms with Crippen molar-refractivity contribution in [3.05, 3.63) is 21.8 Å². The Morgan fingerprint density at radius 1 is 1.29 bits per heavy atom. The van der Waals surface area contributed by atoms with E-state index >= 15 is 0 Å². The molecule has 7 heteroatoms. The van der Waals surface area contributed by atoms with Crippen LogP contribution in [0.4, 0.5) is 5.82 Å². The number of piperazine rings is 1. The molecule has 1 saturated carbocycles. The molecule has 1 aromatic rings. The first-order valence-corrected chi connectivity index (χ1v) is 7.08. The van der Waals surface area contributed by atoms with Crippen LogP contribution in [0.5, 0.6) is 0 Å². The van der Waals surface area contributed by atoms with E-state index in [0.717, 1.165) is 12.8 Å². The molecule has 106 valence electrons. The van der Waals surface area contributed by atoms with E-state index in [1.807, 2.05) is 0 Å². The molecule has 2 fully saturated rings. The molecule has 1 aliphatic heterocycles. The second-order valence-corrected chi connectivity index (χ2v) is 5.52. The van der Waals surface area contributed by atoms with Gasteiger partial charge < -0.3 is 10.2 Å². The third-order valence-electron chi connectivity index (χ3n) is 3.72.